The van der Waals surface area contributed by atoms with E-state index in [1.54, 1.807) is 0 Å². The molecule has 40 heavy (non-hydrogen) atoms. The number of hydrogen-bond acceptors (Lipinski definition) is 0. The second-order valence-corrected chi connectivity index (χ2v) is 13.4. The molecule has 0 saturated carbocycles. The Labute approximate surface area is 260 Å². The summed E-state index contributed by atoms with van der Waals surface area (Å²) in [6.07, 6.45) is 6.73. The summed E-state index contributed by atoms with van der Waals surface area (Å²) < 4.78 is 4.66. The molecule has 2 aliphatic rings. The largest absolute Gasteiger partial charge is 0.179 e. The topological polar surface area (TPSA) is 0 Å². The van der Waals surface area contributed by atoms with E-state index in [-0.39, 0.29) is 0 Å². The van der Waals surface area contributed by atoms with E-state index in [0.29, 0.717) is 11.8 Å². The van der Waals surface area contributed by atoms with Crippen LogP contribution in [-0.4, -0.2) is 7.42 Å². The van der Waals surface area contributed by atoms with Crippen LogP contribution in [0.15, 0.2) is 108 Å². The minimum absolute atomic E-state index is 0.539. The summed E-state index contributed by atoms with van der Waals surface area (Å²) in [7, 11) is 0. The maximum atomic E-state index is 5.84. The van der Waals surface area contributed by atoms with Crippen LogP contribution in [0.4, 0.5) is 0 Å². The molecule has 4 aromatic rings. The van der Waals surface area contributed by atoms with Gasteiger partial charge in [-0.1, -0.05) is 74.9 Å². The maximum Gasteiger partial charge on any atom is -0.0253 e. The predicted octanol–water partition coefficient (Wildman–Crippen LogP) is 10.1. The van der Waals surface area contributed by atoms with Gasteiger partial charge < -0.3 is 0 Å². The van der Waals surface area contributed by atoms with Crippen molar-refractivity contribution in [2.45, 2.75) is 34.1 Å². The Morgan fingerprint density at radius 1 is 0.800 bits per heavy atom. The monoisotopic (exact) mass is 638 g/mol. The Bertz CT molecular complexity index is 1460. The average Bonchev–Trinajstić information content (AvgIpc) is 3.50. The van der Waals surface area contributed by atoms with Crippen molar-refractivity contribution in [1.29, 1.82) is 0 Å². The fourth-order valence-electron chi connectivity index (χ4n) is 4.84. The molecule has 0 spiro atoms. The average molecular weight is 641 g/mol. The molecule has 0 N–H and O–H groups in total. The van der Waals surface area contributed by atoms with E-state index in [0.717, 1.165) is 16.5 Å². The quantitative estimate of drug-likeness (QED) is 0.172. The van der Waals surface area contributed by atoms with Crippen LogP contribution in [0, 0.1) is 24.0 Å². The van der Waals surface area contributed by atoms with Gasteiger partial charge in [-0.05, 0) is 6.42 Å². The number of halogens is 2. The van der Waals surface area contributed by atoms with E-state index in [4.69, 9.17) is 23.2 Å². The minimum Gasteiger partial charge on any atom is -0.179 e. The Hall–Kier alpha value is -2.44. The van der Waals surface area contributed by atoms with E-state index in [1.807, 2.05) is 30.3 Å². The first-order valence-corrected chi connectivity index (χ1v) is 17.2. The molecular formula is C37H34Cl2Zr-2. The van der Waals surface area contributed by atoms with Crippen molar-refractivity contribution in [2.24, 2.45) is 11.8 Å². The van der Waals surface area contributed by atoms with Crippen LogP contribution in [0.1, 0.15) is 49.9 Å². The molecule has 0 saturated heterocycles. The summed E-state index contributed by atoms with van der Waals surface area (Å²) in [5.41, 5.74) is 10.9. The molecule has 6 rings (SSSR count). The van der Waals surface area contributed by atoms with E-state index in [2.05, 4.69) is 114 Å². The number of benzene rings is 4. The van der Waals surface area contributed by atoms with Gasteiger partial charge in [0.25, 0.3) is 0 Å². The number of fused-ring (bicyclic) bond motifs is 3. The molecule has 4 aromatic carbocycles. The Morgan fingerprint density at radius 2 is 1.38 bits per heavy atom. The number of hydrogen-bond donors (Lipinski definition) is 0. The summed E-state index contributed by atoms with van der Waals surface area (Å²) >= 11 is 11.0. The molecule has 0 amide bonds. The summed E-state index contributed by atoms with van der Waals surface area (Å²) in [6.45, 7) is 8.79. The molecule has 1 atom stereocenters. The van der Waals surface area contributed by atoms with E-state index in [9.17, 15) is 0 Å². The van der Waals surface area contributed by atoms with E-state index >= 15 is 0 Å². The van der Waals surface area contributed by atoms with Gasteiger partial charge in [-0.15, -0.1) is 5.56 Å². The second-order valence-electron chi connectivity index (χ2n) is 10.3. The molecule has 0 aromatic heterocycles. The molecule has 0 bridgehead atoms. The second kappa shape index (κ2) is 15.0. The zero-order valence-electron chi connectivity index (χ0n) is 23.5. The Morgan fingerprint density at radius 3 is 1.90 bits per heavy atom. The predicted molar refractivity (Wildman–Crippen MR) is 171 cm³/mol. The van der Waals surface area contributed by atoms with E-state index in [1.165, 1.54) is 44.5 Å². The van der Waals surface area contributed by atoms with Crippen molar-refractivity contribution < 1.29 is 22.3 Å². The first-order chi connectivity index (χ1) is 19.3. The van der Waals surface area contributed by atoms with Crippen LogP contribution in [0.5, 0.6) is 0 Å². The smallest absolute Gasteiger partial charge is 0.0253 e. The molecule has 202 valence electrons. The summed E-state index contributed by atoms with van der Waals surface area (Å²) in [4.78, 5) is 0. The standard InChI is InChI=1S/C13H9.C10H15.2C7H5Cl.Zr/c1-3-7-12-10(5-1)9-11-6-2-4-8-13(11)12;1-7(2)10-6-8(3)5-9(10)4;2*1-6-2-4-7(8)5-3-6;/h1-5,7-8H,9H2;6-8H,1-4H3;2*1-5H;/q2*-1;;;. The summed E-state index contributed by atoms with van der Waals surface area (Å²) in [5.74, 6) is 1.20. The Kier molecular flexibility index (Phi) is 11.4. The molecule has 0 heterocycles. The third-order valence-electron chi connectivity index (χ3n) is 6.79. The van der Waals surface area contributed by atoms with Crippen molar-refractivity contribution in [3.63, 3.8) is 0 Å². The third kappa shape index (κ3) is 8.78. The van der Waals surface area contributed by atoms with Crippen LogP contribution in [0.25, 0.3) is 11.1 Å². The van der Waals surface area contributed by atoms with Gasteiger partial charge in [0.15, 0.2) is 0 Å². The van der Waals surface area contributed by atoms with Gasteiger partial charge in [-0.25, -0.2) is 5.57 Å². The normalized spacial score (nSPS) is 14.3. The fraction of sp³-hybridized carbons (Fsp3) is 0.189. The molecule has 0 nitrogen and oxygen atoms in total. The van der Waals surface area contributed by atoms with Gasteiger partial charge in [-0.3, -0.25) is 6.08 Å². The SMILES string of the molecule is CC1=[C-]C(C)C=C1C(C)C.Clc1ccc([CH]=[Zr]=[CH]c2ccc(Cl)cc2)cc1.[c-]1cccc2c1Cc1ccccc1-2. The molecule has 2 aliphatic carbocycles. The third-order valence-corrected chi connectivity index (χ3v) is 9.75. The van der Waals surface area contributed by atoms with Gasteiger partial charge in [0.2, 0.25) is 0 Å². The molecule has 0 aliphatic heterocycles. The van der Waals surface area contributed by atoms with Crippen LogP contribution >= 0.6 is 23.2 Å². The molecule has 3 heteroatoms. The van der Waals surface area contributed by atoms with Gasteiger partial charge in [-0.2, -0.15) is 41.5 Å². The minimum atomic E-state index is -0.623. The number of allylic oxidation sites excluding steroid dienone is 4. The first kappa shape index (κ1) is 30.5. The zero-order chi connectivity index (χ0) is 28.5. The van der Waals surface area contributed by atoms with E-state index < -0.39 is 22.3 Å². The first-order valence-electron chi connectivity index (χ1n) is 13.6. The van der Waals surface area contributed by atoms with Gasteiger partial charge in [0.05, 0.1) is 0 Å². The van der Waals surface area contributed by atoms with Crippen LogP contribution in [0.3, 0.4) is 0 Å². The van der Waals surface area contributed by atoms with Crippen LogP contribution in [0.2, 0.25) is 10.0 Å². The van der Waals surface area contributed by atoms with Crippen molar-refractivity contribution in [3.05, 3.63) is 153 Å². The molecule has 1 unspecified atom stereocenters. The Balaban J connectivity index is 0.000000144. The summed E-state index contributed by atoms with van der Waals surface area (Å²) in [6, 6.07) is 34.0. The van der Waals surface area contributed by atoms with Gasteiger partial charge in [0, 0.05) is 0 Å². The van der Waals surface area contributed by atoms with Crippen LogP contribution in [-0.2, 0) is 28.7 Å². The molecule has 0 radical (unpaired) electrons. The van der Waals surface area contributed by atoms with Gasteiger partial charge >= 0.3 is 123 Å². The molecular weight excluding hydrogens is 607 g/mol. The van der Waals surface area contributed by atoms with Gasteiger partial charge in [0.1, 0.15) is 0 Å². The van der Waals surface area contributed by atoms with Crippen molar-refractivity contribution in [3.8, 4) is 11.1 Å². The summed E-state index contributed by atoms with van der Waals surface area (Å²) in [5, 5.41) is 1.57. The van der Waals surface area contributed by atoms with Crippen molar-refractivity contribution in [2.75, 3.05) is 0 Å². The fourth-order valence-corrected chi connectivity index (χ4v) is 7.19. The maximum absolute atomic E-state index is 5.84. The molecule has 0 fully saturated rings. The number of rotatable bonds is 3. The van der Waals surface area contributed by atoms with Crippen LogP contribution < -0.4 is 0 Å². The zero-order valence-corrected chi connectivity index (χ0v) is 27.5. The van der Waals surface area contributed by atoms with Crippen molar-refractivity contribution >= 4 is 30.6 Å². The van der Waals surface area contributed by atoms with Crippen molar-refractivity contribution in [1.82, 2.24) is 0 Å².